The second-order valence-electron chi connectivity index (χ2n) is 3.28. The van der Waals surface area contributed by atoms with Crippen LogP contribution in [0.2, 0.25) is 0 Å². The zero-order valence-electron chi connectivity index (χ0n) is 7.25. The minimum atomic E-state index is -0.446. The lowest BCUT2D eigenvalue weighted by Crippen LogP contribution is -2.27. The normalized spacial score (nSPS) is 29.4. The van der Waals surface area contributed by atoms with Crippen LogP contribution in [0.3, 0.4) is 0 Å². The molecule has 0 saturated carbocycles. The molecule has 0 saturated heterocycles. The first-order valence-corrected chi connectivity index (χ1v) is 4.31. The van der Waals surface area contributed by atoms with Gasteiger partial charge in [-0.3, -0.25) is 10.1 Å². The molecule has 0 aromatic heterocycles. The van der Waals surface area contributed by atoms with Crippen LogP contribution in [-0.2, 0) is 0 Å². The first-order valence-electron chi connectivity index (χ1n) is 4.31. The SMILES string of the molecule is CC1CCCC#CCC1[N+](=O)[O-]. The monoisotopic (exact) mass is 167 g/mol. The molecule has 0 aromatic carbocycles. The van der Waals surface area contributed by atoms with Crippen molar-refractivity contribution in [1.82, 2.24) is 0 Å². The van der Waals surface area contributed by atoms with E-state index in [-0.39, 0.29) is 10.8 Å². The predicted octanol–water partition coefficient (Wildman–Crippen LogP) is 1.85. The average Bonchev–Trinajstić information content (AvgIpc) is 1.96. The summed E-state index contributed by atoms with van der Waals surface area (Å²) in [4.78, 5) is 10.4. The van der Waals surface area contributed by atoms with Crippen LogP contribution in [0.4, 0.5) is 0 Å². The van der Waals surface area contributed by atoms with Crippen molar-refractivity contribution in [3.8, 4) is 11.8 Å². The molecule has 0 aliphatic heterocycles. The fourth-order valence-electron chi connectivity index (χ4n) is 1.45. The standard InChI is InChI=1S/C9H13NO2/c1-8-6-4-2-3-5-7-9(8)10(11)12/h8-9H,2,4,6-7H2,1H3. The summed E-state index contributed by atoms with van der Waals surface area (Å²) >= 11 is 0. The van der Waals surface area contributed by atoms with E-state index in [4.69, 9.17) is 0 Å². The zero-order chi connectivity index (χ0) is 8.97. The molecule has 1 aliphatic rings. The van der Waals surface area contributed by atoms with Crippen molar-refractivity contribution in [3.05, 3.63) is 10.1 Å². The van der Waals surface area contributed by atoms with Crippen molar-refractivity contribution in [2.75, 3.05) is 0 Å². The smallest absolute Gasteiger partial charge is 0.226 e. The molecule has 0 fully saturated rings. The quantitative estimate of drug-likeness (QED) is 0.340. The molecule has 2 atom stereocenters. The van der Waals surface area contributed by atoms with E-state index in [1.165, 1.54) is 0 Å². The van der Waals surface area contributed by atoms with Crippen molar-refractivity contribution >= 4 is 0 Å². The third-order valence-corrected chi connectivity index (χ3v) is 2.33. The highest BCUT2D eigenvalue weighted by Gasteiger charge is 2.26. The summed E-state index contributed by atoms with van der Waals surface area (Å²) in [5.74, 6) is 5.97. The fraction of sp³-hybridized carbons (Fsp3) is 0.778. The van der Waals surface area contributed by atoms with Gasteiger partial charge in [0.2, 0.25) is 6.04 Å². The highest BCUT2D eigenvalue weighted by atomic mass is 16.6. The Balaban J connectivity index is 2.64. The molecule has 2 unspecified atom stereocenters. The van der Waals surface area contributed by atoms with E-state index in [2.05, 4.69) is 11.8 Å². The van der Waals surface area contributed by atoms with Crippen LogP contribution >= 0.6 is 0 Å². The summed E-state index contributed by atoms with van der Waals surface area (Å²) in [5, 5.41) is 10.6. The number of hydrogen-bond donors (Lipinski definition) is 0. The number of nitrogens with zero attached hydrogens (tertiary/aromatic N) is 1. The van der Waals surface area contributed by atoms with Crippen molar-refractivity contribution in [2.45, 2.75) is 38.6 Å². The van der Waals surface area contributed by atoms with Gasteiger partial charge in [-0.15, -0.1) is 5.92 Å². The zero-order valence-corrected chi connectivity index (χ0v) is 7.25. The second-order valence-corrected chi connectivity index (χ2v) is 3.28. The highest BCUT2D eigenvalue weighted by molar-refractivity contribution is 5.02. The first-order chi connectivity index (χ1) is 5.72. The van der Waals surface area contributed by atoms with E-state index in [1.54, 1.807) is 0 Å². The molecule has 3 nitrogen and oxygen atoms in total. The van der Waals surface area contributed by atoms with Crippen molar-refractivity contribution in [3.63, 3.8) is 0 Å². The molecule has 0 radical (unpaired) electrons. The van der Waals surface area contributed by atoms with E-state index in [9.17, 15) is 10.1 Å². The van der Waals surface area contributed by atoms with Gasteiger partial charge in [-0.1, -0.05) is 12.8 Å². The lowest BCUT2D eigenvalue weighted by Gasteiger charge is -2.15. The highest BCUT2D eigenvalue weighted by Crippen LogP contribution is 2.18. The Morgan fingerprint density at radius 1 is 1.50 bits per heavy atom. The van der Waals surface area contributed by atoms with Gasteiger partial charge in [0, 0.05) is 17.3 Å². The first kappa shape index (κ1) is 9.05. The number of rotatable bonds is 1. The van der Waals surface area contributed by atoms with Gasteiger partial charge in [-0.2, -0.15) is 0 Å². The van der Waals surface area contributed by atoms with Gasteiger partial charge in [-0.05, 0) is 12.8 Å². The molecule has 0 spiro atoms. The molecule has 3 heteroatoms. The predicted molar refractivity (Wildman–Crippen MR) is 46.2 cm³/mol. The van der Waals surface area contributed by atoms with Crippen LogP contribution in [0, 0.1) is 27.9 Å². The van der Waals surface area contributed by atoms with E-state index in [0.29, 0.717) is 6.42 Å². The summed E-state index contributed by atoms with van der Waals surface area (Å²) in [6, 6.07) is -0.446. The van der Waals surface area contributed by atoms with Crippen LogP contribution in [0.1, 0.15) is 32.6 Å². The Morgan fingerprint density at radius 3 is 2.92 bits per heavy atom. The topological polar surface area (TPSA) is 43.1 Å². The Labute approximate surface area is 72.3 Å². The van der Waals surface area contributed by atoms with Crippen LogP contribution in [0.15, 0.2) is 0 Å². The lowest BCUT2D eigenvalue weighted by atomic mass is 9.92. The van der Waals surface area contributed by atoms with E-state index in [0.717, 1.165) is 19.3 Å². The van der Waals surface area contributed by atoms with Gasteiger partial charge in [-0.25, -0.2) is 0 Å². The van der Waals surface area contributed by atoms with Gasteiger partial charge in [0.1, 0.15) is 0 Å². The summed E-state index contributed by atoms with van der Waals surface area (Å²) in [5.41, 5.74) is 0. The molecular weight excluding hydrogens is 154 g/mol. The van der Waals surface area contributed by atoms with Gasteiger partial charge >= 0.3 is 0 Å². The van der Waals surface area contributed by atoms with Crippen LogP contribution < -0.4 is 0 Å². The molecule has 66 valence electrons. The summed E-state index contributed by atoms with van der Waals surface area (Å²) in [6.07, 6.45) is 3.25. The Hall–Kier alpha value is -1.04. The summed E-state index contributed by atoms with van der Waals surface area (Å²) in [6.45, 7) is 1.94. The molecule has 1 aliphatic carbocycles. The molecule has 1 rings (SSSR count). The Bertz CT molecular complexity index is 226. The molecule has 0 N–H and O–H groups in total. The van der Waals surface area contributed by atoms with Crippen molar-refractivity contribution in [1.29, 1.82) is 0 Å². The maximum Gasteiger partial charge on any atom is 0.226 e. The lowest BCUT2D eigenvalue weighted by molar-refractivity contribution is -0.530. The van der Waals surface area contributed by atoms with Crippen molar-refractivity contribution in [2.24, 2.45) is 5.92 Å². The van der Waals surface area contributed by atoms with Crippen LogP contribution in [-0.4, -0.2) is 11.0 Å². The van der Waals surface area contributed by atoms with E-state index in [1.807, 2.05) is 6.92 Å². The largest absolute Gasteiger partial charge is 0.264 e. The van der Waals surface area contributed by atoms with Gasteiger partial charge in [0.15, 0.2) is 0 Å². The van der Waals surface area contributed by atoms with Crippen LogP contribution in [0.25, 0.3) is 0 Å². The van der Waals surface area contributed by atoms with Crippen LogP contribution in [0.5, 0.6) is 0 Å². The van der Waals surface area contributed by atoms with E-state index < -0.39 is 6.04 Å². The molecule has 0 bridgehead atoms. The maximum atomic E-state index is 10.6. The molecule has 0 heterocycles. The second kappa shape index (κ2) is 4.10. The molecule has 0 amide bonds. The molecule has 12 heavy (non-hydrogen) atoms. The number of nitro groups is 1. The summed E-state index contributed by atoms with van der Waals surface area (Å²) in [7, 11) is 0. The molecule has 0 aromatic rings. The van der Waals surface area contributed by atoms with Gasteiger partial charge in [0.25, 0.3) is 0 Å². The number of hydrogen-bond acceptors (Lipinski definition) is 2. The summed E-state index contributed by atoms with van der Waals surface area (Å²) < 4.78 is 0. The minimum Gasteiger partial charge on any atom is -0.264 e. The van der Waals surface area contributed by atoms with Crippen molar-refractivity contribution < 1.29 is 4.92 Å². The van der Waals surface area contributed by atoms with E-state index >= 15 is 0 Å². The third-order valence-electron chi connectivity index (χ3n) is 2.33. The minimum absolute atomic E-state index is 0.176. The maximum absolute atomic E-state index is 10.6. The Kier molecular flexibility index (Phi) is 3.09. The molecular formula is C9H13NO2. The Morgan fingerprint density at radius 2 is 2.25 bits per heavy atom. The third kappa shape index (κ3) is 2.23. The van der Waals surface area contributed by atoms with Gasteiger partial charge in [0.05, 0.1) is 6.42 Å². The van der Waals surface area contributed by atoms with Gasteiger partial charge < -0.3 is 0 Å². The fourth-order valence-corrected chi connectivity index (χ4v) is 1.45. The average molecular weight is 167 g/mol.